The van der Waals surface area contributed by atoms with Crippen LogP contribution in [0.3, 0.4) is 0 Å². The minimum atomic E-state index is 0.477. The van der Waals surface area contributed by atoms with Gasteiger partial charge in [-0.15, -0.1) is 0 Å². The van der Waals surface area contributed by atoms with Crippen LogP contribution in [0.15, 0.2) is 142 Å². The molecule has 2 heterocycles. The maximum Gasteiger partial charge on any atom is 0.144 e. The van der Waals surface area contributed by atoms with E-state index in [0.717, 1.165) is 55.0 Å². The minimum absolute atomic E-state index is 0.477. The molecule has 4 heteroatoms. The van der Waals surface area contributed by atoms with Crippen LogP contribution in [0, 0.1) is 0 Å². The molecular weight excluding hydrogens is 526 g/mol. The molecule has 0 spiro atoms. The first-order valence-electron chi connectivity index (χ1n) is 13.4. The van der Waals surface area contributed by atoms with Crippen LogP contribution < -0.4 is 21.2 Å². The third-order valence-electron chi connectivity index (χ3n) is 7.45. The number of furan rings is 2. The minimum Gasteiger partial charge on any atom is -0.455 e. The standard InChI is InChI=1S/C36H24O2P2/c1-3-11-23(12-4-1)39-31-21-19-27-25-15-7-9-17-29(25)37-35(27)33(31)34-32(40-24-13-5-2-6-14-24)22-20-28-26-16-8-10-18-30(26)38-36(28)34/h1-22,39-40H. The van der Waals surface area contributed by atoms with Crippen molar-refractivity contribution in [2.75, 3.05) is 0 Å². The lowest BCUT2D eigenvalue weighted by Crippen LogP contribution is -2.13. The molecule has 0 saturated heterocycles. The molecule has 6 aromatic carbocycles. The molecule has 0 bridgehead atoms. The van der Waals surface area contributed by atoms with Crippen molar-refractivity contribution in [2.24, 2.45) is 0 Å². The first kappa shape index (κ1) is 23.6. The van der Waals surface area contributed by atoms with Crippen molar-refractivity contribution >= 4 is 82.3 Å². The summed E-state index contributed by atoms with van der Waals surface area (Å²) in [5.74, 6) is 0. The fourth-order valence-corrected chi connectivity index (χ4v) is 8.04. The van der Waals surface area contributed by atoms with E-state index >= 15 is 0 Å². The van der Waals surface area contributed by atoms with E-state index in [4.69, 9.17) is 8.83 Å². The number of benzene rings is 6. The highest BCUT2D eigenvalue weighted by molar-refractivity contribution is 7.56. The van der Waals surface area contributed by atoms with Gasteiger partial charge >= 0.3 is 0 Å². The number of para-hydroxylation sites is 2. The van der Waals surface area contributed by atoms with Gasteiger partial charge in [-0.1, -0.05) is 126 Å². The van der Waals surface area contributed by atoms with E-state index in [1.54, 1.807) is 0 Å². The Kier molecular flexibility index (Phi) is 5.77. The van der Waals surface area contributed by atoms with E-state index in [-0.39, 0.29) is 0 Å². The molecule has 0 saturated carbocycles. The lowest BCUT2D eigenvalue weighted by molar-refractivity contribution is 0.665. The van der Waals surface area contributed by atoms with Crippen LogP contribution in [-0.4, -0.2) is 0 Å². The molecule has 8 rings (SSSR count). The molecule has 0 aliphatic rings. The van der Waals surface area contributed by atoms with Crippen LogP contribution in [0.25, 0.3) is 55.0 Å². The van der Waals surface area contributed by atoms with Crippen LogP contribution in [0.4, 0.5) is 0 Å². The molecule has 40 heavy (non-hydrogen) atoms. The van der Waals surface area contributed by atoms with Crippen molar-refractivity contribution in [3.63, 3.8) is 0 Å². The van der Waals surface area contributed by atoms with E-state index in [2.05, 4.69) is 121 Å². The van der Waals surface area contributed by atoms with E-state index in [9.17, 15) is 0 Å². The second-order valence-electron chi connectivity index (χ2n) is 9.91. The van der Waals surface area contributed by atoms with E-state index in [1.807, 2.05) is 12.1 Å². The molecule has 2 nitrogen and oxygen atoms in total. The SMILES string of the molecule is c1ccc(Pc2ccc3c(oc4ccccc43)c2-c2c(Pc3ccccc3)ccc3c2oc2ccccc23)cc1. The van der Waals surface area contributed by atoms with Crippen LogP contribution in [0.5, 0.6) is 0 Å². The average Bonchev–Trinajstić information content (AvgIpc) is 3.57. The molecule has 0 aliphatic carbocycles. The molecule has 0 amide bonds. The molecule has 8 aromatic rings. The van der Waals surface area contributed by atoms with E-state index < -0.39 is 0 Å². The molecule has 2 aromatic heterocycles. The molecule has 2 atom stereocenters. The maximum atomic E-state index is 6.71. The van der Waals surface area contributed by atoms with E-state index in [0.29, 0.717) is 17.2 Å². The van der Waals surface area contributed by atoms with Gasteiger partial charge in [0.2, 0.25) is 0 Å². The number of rotatable bonds is 5. The van der Waals surface area contributed by atoms with Gasteiger partial charge in [0.15, 0.2) is 0 Å². The normalized spacial score (nSPS) is 12.3. The van der Waals surface area contributed by atoms with Crippen LogP contribution in [0.2, 0.25) is 0 Å². The van der Waals surface area contributed by atoms with Crippen LogP contribution >= 0.6 is 17.2 Å². The third-order valence-corrected chi connectivity index (χ3v) is 10.1. The summed E-state index contributed by atoms with van der Waals surface area (Å²) in [7, 11) is 0.954. The highest BCUT2D eigenvalue weighted by atomic mass is 31.1. The summed E-state index contributed by atoms with van der Waals surface area (Å²) < 4.78 is 13.4. The predicted molar refractivity (Wildman–Crippen MR) is 174 cm³/mol. The smallest absolute Gasteiger partial charge is 0.144 e. The molecule has 190 valence electrons. The van der Waals surface area contributed by atoms with Gasteiger partial charge in [-0.05, 0) is 45.5 Å². The molecule has 0 radical (unpaired) electrons. The van der Waals surface area contributed by atoms with Crippen LogP contribution in [-0.2, 0) is 0 Å². The summed E-state index contributed by atoms with van der Waals surface area (Å²) in [6, 6.07) is 47.2. The summed E-state index contributed by atoms with van der Waals surface area (Å²) in [5, 5.41) is 9.64. The molecule has 0 fully saturated rings. The van der Waals surface area contributed by atoms with Gasteiger partial charge in [0.1, 0.15) is 22.3 Å². The Morgan fingerprint density at radius 2 is 0.750 bits per heavy atom. The van der Waals surface area contributed by atoms with E-state index in [1.165, 1.54) is 21.2 Å². The monoisotopic (exact) mass is 550 g/mol. The molecule has 0 aliphatic heterocycles. The Morgan fingerprint density at radius 1 is 0.350 bits per heavy atom. The highest BCUT2D eigenvalue weighted by Crippen LogP contribution is 2.42. The Bertz CT molecular complexity index is 2000. The lowest BCUT2D eigenvalue weighted by atomic mass is 9.99. The lowest BCUT2D eigenvalue weighted by Gasteiger charge is -2.16. The van der Waals surface area contributed by atoms with Crippen molar-refractivity contribution in [1.82, 2.24) is 0 Å². The first-order valence-corrected chi connectivity index (χ1v) is 15.4. The molecule has 2 unspecified atom stereocenters. The van der Waals surface area contributed by atoms with Gasteiger partial charge in [0.25, 0.3) is 0 Å². The highest BCUT2D eigenvalue weighted by Gasteiger charge is 2.24. The summed E-state index contributed by atoms with van der Waals surface area (Å²) in [6.45, 7) is 0. The Hall–Kier alpha value is -4.22. The summed E-state index contributed by atoms with van der Waals surface area (Å²) in [6.07, 6.45) is 0. The first-order chi connectivity index (χ1) is 19.8. The Balaban J connectivity index is 1.50. The van der Waals surface area contributed by atoms with Crippen molar-refractivity contribution < 1.29 is 8.83 Å². The van der Waals surface area contributed by atoms with Crippen LogP contribution in [0.1, 0.15) is 0 Å². The maximum absolute atomic E-state index is 6.71. The van der Waals surface area contributed by atoms with Gasteiger partial charge in [0, 0.05) is 32.7 Å². The largest absolute Gasteiger partial charge is 0.455 e. The van der Waals surface area contributed by atoms with Gasteiger partial charge in [-0.3, -0.25) is 0 Å². The summed E-state index contributed by atoms with van der Waals surface area (Å²) in [4.78, 5) is 0. The second-order valence-corrected chi connectivity index (χ2v) is 12.6. The van der Waals surface area contributed by atoms with Gasteiger partial charge in [-0.2, -0.15) is 0 Å². The second kappa shape index (κ2) is 9.76. The average molecular weight is 551 g/mol. The predicted octanol–water partition coefficient (Wildman–Crippen LogP) is 8.41. The van der Waals surface area contributed by atoms with Crippen molar-refractivity contribution in [1.29, 1.82) is 0 Å². The fourth-order valence-electron chi connectivity index (χ4n) is 5.64. The molecular formula is C36H24O2P2. The third kappa shape index (κ3) is 3.96. The van der Waals surface area contributed by atoms with Gasteiger partial charge in [0.05, 0.1) is 0 Å². The topological polar surface area (TPSA) is 26.3 Å². The molecule has 0 N–H and O–H groups in total. The van der Waals surface area contributed by atoms with Crippen molar-refractivity contribution in [3.8, 4) is 11.1 Å². The van der Waals surface area contributed by atoms with Crippen molar-refractivity contribution in [2.45, 2.75) is 0 Å². The zero-order valence-electron chi connectivity index (χ0n) is 21.5. The van der Waals surface area contributed by atoms with Gasteiger partial charge < -0.3 is 8.83 Å². The summed E-state index contributed by atoms with van der Waals surface area (Å²) >= 11 is 0. The number of hydrogen-bond acceptors (Lipinski definition) is 2. The Labute approximate surface area is 235 Å². The zero-order valence-corrected chi connectivity index (χ0v) is 23.5. The summed E-state index contributed by atoms with van der Waals surface area (Å²) in [5.41, 5.74) is 5.94. The number of fused-ring (bicyclic) bond motifs is 6. The Morgan fingerprint density at radius 3 is 1.20 bits per heavy atom. The number of hydrogen-bond donors (Lipinski definition) is 0. The van der Waals surface area contributed by atoms with Crippen molar-refractivity contribution in [3.05, 3.63) is 133 Å². The fraction of sp³-hybridized carbons (Fsp3) is 0. The zero-order chi connectivity index (χ0) is 26.5. The van der Waals surface area contributed by atoms with Gasteiger partial charge in [-0.25, -0.2) is 0 Å². The quantitative estimate of drug-likeness (QED) is 0.201.